The Balaban J connectivity index is 1.68. The molecule has 1 amide bonds. The topological polar surface area (TPSA) is 93.3 Å². The molecule has 1 aliphatic rings. The lowest BCUT2D eigenvalue weighted by atomic mass is 10.3. The predicted octanol–water partition coefficient (Wildman–Crippen LogP) is 0.467. The van der Waals surface area contributed by atoms with E-state index in [-0.39, 0.29) is 42.5 Å². The maximum absolute atomic E-state index is 12.8. The molecule has 2 aromatic rings. The summed E-state index contributed by atoms with van der Waals surface area (Å²) in [5, 5.41) is 7.49. The first-order valence-electron chi connectivity index (χ1n) is 7.82. The van der Waals surface area contributed by atoms with Crippen molar-refractivity contribution in [3.05, 3.63) is 29.8 Å². The van der Waals surface area contributed by atoms with E-state index in [1.54, 1.807) is 7.05 Å². The van der Waals surface area contributed by atoms with Gasteiger partial charge in [-0.3, -0.25) is 9.48 Å². The minimum atomic E-state index is -3.68. The smallest absolute Gasteiger partial charge is 0.333 e. The summed E-state index contributed by atoms with van der Waals surface area (Å²) in [5.74, 6) is -0.495. The van der Waals surface area contributed by atoms with E-state index in [0.717, 1.165) is 0 Å². The number of carbonyl (C=O) groups is 1. The molecule has 0 saturated carbocycles. The number of piperazine rings is 1. The number of amides is 1. The lowest BCUT2D eigenvalue weighted by Gasteiger charge is -2.33. The number of sulfonamides is 1. The van der Waals surface area contributed by atoms with Crippen LogP contribution in [-0.2, 0) is 17.1 Å². The van der Waals surface area contributed by atoms with Crippen molar-refractivity contribution in [1.29, 1.82) is 0 Å². The van der Waals surface area contributed by atoms with Gasteiger partial charge in [0.05, 0.1) is 6.20 Å². The number of halogens is 2. The fourth-order valence-electron chi connectivity index (χ4n) is 2.76. The highest BCUT2D eigenvalue weighted by atomic mass is 32.2. The van der Waals surface area contributed by atoms with E-state index in [1.165, 1.54) is 39.3 Å². The van der Waals surface area contributed by atoms with Crippen LogP contribution >= 0.6 is 0 Å². The number of rotatable bonds is 4. The van der Waals surface area contributed by atoms with Gasteiger partial charge in [0.1, 0.15) is 4.90 Å². The maximum Gasteiger partial charge on any atom is 0.333 e. The van der Waals surface area contributed by atoms with Gasteiger partial charge < -0.3 is 4.90 Å². The SMILES string of the molecule is Cc1cc(C(=O)N2CCN(S(=O)(=O)c3cnn(C)c3)CC2)nn1C(F)F. The third-order valence-corrected chi connectivity index (χ3v) is 6.02. The Morgan fingerprint density at radius 1 is 1.23 bits per heavy atom. The average molecular weight is 388 g/mol. The summed E-state index contributed by atoms with van der Waals surface area (Å²) < 4.78 is 53.8. The molecule has 1 saturated heterocycles. The van der Waals surface area contributed by atoms with Gasteiger partial charge in [0.2, 0.25) is 10.0 Å². The second-order valence-electron chi connectivity index (χ2n) is 5.94. The van der Waals surface area contributed by atoms with Crippen LogP contribution in [0.3, 0.4) is 0 Å². The van der Waals surface area contributed by atoms with Crippen LogP contribution in [0.2, 0.25) is 0 Å². The number of carbonyl (C=O) groups excluding carboxylic acids is 1. The highest BCUT2D eigenvalue weighted by Gasteiger charge is 2.32. The first-order chi connectivity index (χ1) is 12.2. The summed E-state index contributed by atoms with van der Waals surface area (Å²) in [6.07, 6.45) is 2.68. The van der Waals surface area contributed by atoms with E-state index in [4.69, 9.17) is 0 Å². The molecule has 9 nitrogen and oxygen atoms in total. The minimum absolute atomic E-state index is 0.0774. The first-order valence-corrected chi connectivity index (χ1v) is 9.26. The molecule has 0 bridgehead atoms. The minimum Gasteiger partial charge on any atom is -0.335 e. The largest absolute Gasteiger partial charge is 0.335 e. The van der Waals surface area contributed by atoms with E-state index < -0.39 is 22.5 Å². The number of hydrogen-bond donors (Lipinski definition) is 0. The summed E-state index contributed by atoms with van der Waals surface area (Å²) in [4.78, 5) is 13.9. The van der Waals surface area contributed by atoms with Crippen LogP contribution in [-0.4, -0.2) is 69.3 Å². The van der Waals surface area contributed by atoms with Crippen molar-refractivity contribution < 1.29 is 22.0 Å². The number of alkyl halides is 2. The van der Waals surface area contributed by atoms with Gasteiger partial charge in [-0.15, -0.1) is 0 Å². The van der Waals surface area contributed by atoms with Crippen molar-refractivity contribution in [1.82, 2.24) is 28.8 Å². The van der Waals surface area contributed by atoms with E-state index in [9.17, 15) is 22.0 Å². The lowest BCUT2D eigenvalue weighted by Crippen LogP contribution is -2.50. The summed E-state index contributed by atoms with van der Waals surface area (Å²) in [5.41, 5.74) is 0.104. The Morgan fingerprint density at radius 2 is 1.88 bits per heavy atom. The summed E-state index contributed by atoms with van der Waals surface area (Å²) in [6.45, 7) is -0.862. The monoisotopic (exact) mass is 388 g/mol. The number of aryl methyl sites for hydroxylation is 2. The van der Waals surface area contributed by atoms with Crippen molar-refractivity contribution in [3.8, 4) is 0 Å². The molecule has 0 N–H and O–H groups in total. The zero-order valence-electron chi connectivity index (χ0n) is 14.2. The number of hydrogen-bond acceptors (Lipinski definition) is 5. The standard InChI is InChI=1S/C14H18F2N6O3S/c1-10-7-12(18-22(10)14(15)16)13(23)20-3-5-21(6-4-20)26(24,25)11-8-17-19(2)9-11/h7-9,14H,3-6H2,1-2H3. The van der Waals surface area contributed by atoms with Gasteiger partial charge in [0, 0.05) is 45.1 Å². The lowest BCUT2D eigenvalue weighted by molar-refractivity contribution is 0.0527. The molecule has 0 unspecified atom stereocenters. The molecule has 3 rings (SSSR count). The van der Waals surface area contributed by atoms with Crippen LogP contribution in [0.5, 0.6) is 0 Å². The summed E-state index contributed by atoms with van der Waals surface area (Å²) in [6, 6.07) is 1.30. The van der Waals surface area contributed by atoms with Gasteiger partial charge in [-0.25, -0.2) is 13.1 Å². The zero-order chi connectivity index (χ0) is 19.1. The molecule has 0 aromatic carbocycles. The molecule has 0 spiro atoms. The predicted molar refractivity (Wildman–Crippen MR) is 86.1 cm³/mol. The highest BCUT2D eigenvalue weighted by molar-refractivity contribution is 7.89. The van der Waals surface area contributed by atoms with Crippen molar-refractivity contribution in [3.63, 3.8) is 0 Å². The molecule has 0 atom stereocenters. The molecule has 142 valence electrons. The van der Waals surface area contributed by atoms with Gasteiger partial charge in [-0.2, -0.15) is 23.3 Å². The van der Waals surface area contributed by atoms with Gasteiger partial charge in [-0.1, -0.05) is 0 Å². The van der Waals surface area contributed by atoms with Gasteiger partial charge in [0.25, 0.3) is 5.91 Å². The number of nitrogens with zero attached hydrogens (tertiary/aromatic N) is 6. The molecule has 2 aromatic heterocycles. The quantitative estimate of drug-likeness (QED) is 0.759. The van der Waals surface area contributed by atoms with Crippen LogP contribution in [0.4, 0.5) is 8.78 Å². The molecule has 1 aliphatic heterocycles. The fourth-order valence-corrected chi connectivity index (χ4v) is 4.17. The van der Waals surface area contributed by atoms with E-state index in [2.05, 4.69) is 10.2 Å². The molecule has 0 aliphatic carbocycles. The van der Waals surface area contributed by atoms with Gasteiger partial charge in [0.15, 0.2) is 5.69 Å². The van der Waals surface area contributed by atoms with Crippen molar-refractivity contribution in [2.24, 2.45) is 7.05 Å². The van der Waals surface area contributed by atoms with Crippen LogP contribution in [0.1, 0.15) is 22.7 Å². The fraction of sp³-hybridized carbons (Fsp3) is 0.500. The molecular weight excluding hydrogens is 370 g/mol. The Bertz CT molecular complexity index is 915. The maximum atomic E-state index is 12.8. The van der Waals surface area contributed by atoms with Crippen LogP contribution in [0.25, 0.3) is 0 Å². The van der Waals surface area contributed by atoms with E-state index >= 15 is 0 Å². The molecule has 26 heavy (non-hydrogen) atoms. The second kappa shape index (κ2) is 6.76. The van der Waals surface area contributed by atoms with Gasteiger partial charge >= 0.3 is 6.55 Å². The van der Waals surface area contributed by atoms with Crippen molar-refractivity contribution >= 4 is 15.9 Å². The summed E-state index contributed by atoms with van der Waals surface area (Å²) >= 11 is 0. The number of aromatic nitrogens is 4. The van der Waals surface area contributed by atoms with Crippen LogP contribution < -0.4 is 0 Å². The second-order valence-corrected chi connectivity index (χ2v) is 7.88. The summed E-state index contributed by atoms with van der Waals surface area (Å²) in [7, 11) is -2.05. The molecular formula is C14H18F2N6O3S. The van der Waals surface area contributed by atoms with Gasteiger partial charge in [-0.05, 0) is 13.0 Å². The Hall–Kier alpha value is -2.34. The molecule has 1 fully saturated rings. The average Bonchev–Trinajstić information content (AvgIpc) is 3.20. The third-order valence-electron chi connectivity index (χ3n) is 4.17. The molecule has 12 heteroatoms. The van der Waals surface area contributed by atoms with E-state index in [0.29, 0.717) is 4.68 Å². The Kier molecular flexibility index (Phi) is 4.80. The van der Waals surface area contributed by atoms with Crippen molar-refractivity contribution in [2.45, 2.75) is 18.4 Å². The van der Waals surface area contributed by atoms with E-state index in [1.807, 2.05) is 0 Å². The highest BCUT2D eigenvalue weighted by Crippen LogP contribution is 2.19. The van der Waals surface area contributed by atoms with Crippen molar-refractivity contribution in [2.75, 3.05) is 26.2 Å². The van der Waals surface area contributed by atoms with Crippen LogP contribution in [0, 0.1) is 6.92 Å². The van der Waals surface area contributed by atoms with Crippen LogP contribution in [0.15, 0.2) is 23.4 Å². The Morgan fingerprint density at radius 3 is 2.38 bits per heavy atom. The first kappa shape index (κ1) is 18.5. The Labute approximate surface area is 148 Å². The normalized spacial score (nSPS) is 16.4. The zero-order valence-corrected chi connectivity index (χ0v) is 15.0. The molecule has 3 heterocycles. The molecule has 0 radical (unpaired) electrons. The third kappa shape index (κ3) is 3.33.